The summed E-state index contributed by atoms with van der Waals surface area (Å²) in [4.78, 5) is 14.7. The highest BCUT2D eigenvalue weighted by atomic mass is 35.5. The molecule has 2 atom stereocenters. The van der Waals surface area contributed by atoms with E-state index in [4.69, 9.17) is 11.6 Å². The summed E-state index contributed by atoms with van der Waals surface area (Å²) in [5.74, 6) is 0.515. The number of nitrogens with zero attached hydrogens (tertiary/aromatic N) is 1. The van der Waals surface area contributed by atoms with Crippen LogP contribution in [-0.4, -0.2) is 23.8 Å². The summed E-state index contributed by atoms with van der Waals surface area (Å²) in [6, 6.07) is 8.23. The van der Waals surface area contributed by atoms with Gasteiger partial charge in [-0.3, -0.25) is 9.69 Å². The van der Waals surface area contributed by atoms with Crippen LogP contribution >= 0.6 is 11.6 Å². The van der Waals surface area contributed by atoms with Gasteiger partial charge in [0.2, 0.25) is 0 Å². The highest BCUT2D eigenvalue weighted by Crippen LogP contribution is 2.43. The van der Waals surface area contributed by atoms with Crippen molar-refractivity contribution in [1.29, 1.82) is 0 Å². The summed E-state index contributed by atoms with van der Waals surface area (Å²) in [5, 5.41) is 0.763. The smallest absolute Gasteiger partial charge is 0.135 e. The number of hydrogen-bond acceptors (Lipinski definition) is 2. The van der Waals surface area contributed by atoms with Gasteiger partial charge in [0.05, 0.1) is 0 Å². The van der Waals surface area contributed by atoms with E-state index in [1.165, 1.54) is 5.56 Å². The van der Waals surface area contributed by atoms with Gasteiger partial charge < -0.3 is 0 Å². The van der Waals surface area contributed by atoms with Crippen molar-refractivity contribution >= 4 is 17.4 Å². The van der Waals surface area contributed by atoms with Gasteiger partial charge in [-0.2, -0.15) is 0 Å². The van der Waals surface area contributed by atoms with Crippen LogP contribution in [0.4, 0.5) is 0 Å². The molecule has 1 aliphatic carbocycles. The average Bonchev–Trinajstić information content (AvgIpc) is 2.55. The van der Waals surface area contributed by atoms with Crippen LogP contribution in [-0.2, 0) is 10.3 Å². The fourth-order valence-electron chi connectivity index (χ4n) is 3.77. The third kappa shape index (κ3) is 4.05. The zero-order chi connectivity index (χ0) is 16.9. The van der Waals surface area contributed by atoms with E-state index in [9.17, 15) is 4.79 Å². The van der Waals surface area contributed by atoms with Gasteiger partial charge in [-0.05, 0) is 50.4 Å². The SMILES string of the molecule is CC=CCN(CCC)C1(c2ccc(Cl)cc2)CCC(=O)C(C)C1. The van der Waals surface area contributed by atoms with E-state index in [1.54, 1.807) is 0 Å². The minimum Gasteiger partial charge on any atom is -0.299 e. The molecule has 0 heterocycles. The van der Waals surface area contributed by atoms with Crippen LogP contribution in [0, 0.1) is 5.92 Å². The second-order valence-electron chi connectivity index (χ2n) is 6.63. The average molecular weight is 334 g/mol. The Morgan fingerprint density at radius 2 is 2.04 bits per heavy atom. The van der Waals surface area contributed by atoms with Crippen LogP contribution in [0.25, 0.3) is 0 Å². The third-order valence-corrected chi connectivity index (χ3v) is 5.27. The lowest BCUT2D eigenvalue weighted by atomic mass is 9.70. The van der Waals surface area contributed by atoms with E-state index < -0.39 is 0 Å². The summed E-state index contributed by atoms with van der Waals surface area (Å²) in [5.41, 5.74) is 1.23. The van der Waals surface area contributed by atoms with E-state index in [1.807, 2.05) is 12.1 Å². The van der Waals surface area contributed by atoms with Crippen molar-refractivity contribution in [1.82, 2.24) is 4.90 Å². The van der Waals surface area contributed by atoms with Crippen LogP contribution in [0.2, 0.25) is 5.02 Å². The molecule has 2 nitrogen and oxygen atoms in total. The molecule has 1 aromatic carbocycles. The van der Waals surface area contributed by atoms with Crippen LogP contribution in [0.3, 0.4) is 0 Å². The Morgan fingerprint density at radius 3 is 2.61 bits per heavy atom. The first-order chi connectivity index (χ1) is 11.0. The topological polar surface area (TPSA) is 20.3 Å². The molecule has 2 rings (SSSR count). The van der Waals surface area contributed by atoms with Gasteiger partial charge in [-0.1, -0.05) is 49.7 Å². The van der Waals surface area contributed by atoms with Gasteiger partial charge in [-0.25, -0.2) is 0 Å². The van der Waals surface area contributed by atoms with Crippen LogP contribution in [0.15, 0.2) is 36.4 Å². The molecular weight excluding hydrogens is 306 g/mol. The Labute approximate surface area is 145 Å². The van der Waals surface area contributed by atoms with Crippen LogP contribution in [0.5, 0.6) is 0 Å². The zero-order valence-corrected chi connectivity index (χ0v) is 15.3. The van der Waals surface area contributed by atoms with Crippen molar-refractivity contribution in [2.75, 3.05) is 13.1 Å². The second-order valence-corrected chi connectivity index (χ2v) is 7.06. The van der Waals surface area contributed by atoms with Gasteiger partial charge >= 0.3 is 0 Å². The molecule has 126 valence electrons. The van der Waals surface area contributed by atoms with Gasteiger partial charge in [-0.15, -0.1) is 0 Å². The van der Waals surface area contributed by atoms with Crippen molar-refractivity contribution in [2.24, 2.45) is 5.92 Å². The molecule has 3 heteroatoms. The maximum atomic E-state index is 12.1. The van der Waals surface area contributed by atoms with Crippen molar-refractivity contribution in [3.05, 3.63) is 47.0 Å². The third-order valence-electron chi connectivity index (χ3n) is 5.02. The van der Waals surface area contributed by atoms with E-state index >= 15 is 0 Å². The van der Waals surface area contributed by atoms with Crippen molar-refractivity contribution in [3.63, 3.8) is 0 Å². The fraction of sp³-hybridized carbons (Fsp3) is 0.550. The number of ketones is 1. The van der Waals surface area contributed by atoms with Gasteiger partial charge in [0.15, 0.2) is 0 Å². The largest absolute Gasteiger partial charge is 0.299 e. The summed E-state index contributed by atoms with van der Waals surface area (Å²) < 4.78 is 0. The first-order valence-electron chi connectivity index (χ1n) is 8.68. The molecule has 0 bridgehead atoms. The predicted octanol–water partition coefficient (Wildman–Crippen LogP) is 5.21. The van der Waals surface area contributed by atoms with Crippen molar-refractivity contribution in [2.45, 2.75) is 52.0 Å². The highest BCUT2D eigenvalue weighted by Gasteiger charge is 2.43. The first kappa shape index (κ1) is 18.2. The molecule has 1 saturated carbocycles. The lowest BCUT2D eigenvalue weighted by Gasteiger charge is -2.48. The van der Waals surface area contributed by atoms with E-state index in [2.05, 4.69) is 50.0 Å². The molecule has 0 aromatic heterocycles. The Kier molecular flexibility index (Phi) is 6.43. The van der Waals surface area contributed by atoms with Crippen LogP contribution in [0.1, 0.15) is 52.0 Å². The number of carbonyl (C=O) groups excluding carboxylic acids is 1. The normalized spacial score (nSPS) is 25.4. The molecule has 1 aliphatic rings. The molecule has 2 unspecified atom stereocenters. The zero-order valence-electron chi connectivity index (χ0n) is 14.5. The number of benzene rings is 1. The van der Waals surface area contributed by atoms with E-state index in [0.717, 1.165) is 37.4 Å². The van der Waals surface area contributed by atoms with E-state index in [0.29, 0.717) is 12.2 Å². The first-order valence-corrected chi connectivity index (χ1v) is 9.06. The van der Waals surface area contributed by atoms with Gasteiger partial charge in [0, 0.05) is 29.4 Å². The Hall–Kier alpha value is -1.12. The summed E-state index contributed by atoms with van der Waals surface area (Å²) in [7, 11) is 0. The molecule has 1 aromatic rings. The second kappa shape index (κ2) is 8.12. The minimum atomic E-state index is -0.0621. The van der Waals surface area contributed by atoms with Crippen LogP contribution < -0.4 is 0 Å². The maximum Gasteiger partial charge on any atom is 0.135 e. The Bertz CT molecular complexity index is 551. The molecular formula is C20H28ClNO. The lowest BCUT2D eigenvalue weighted by Crippen LogP contribution is -2.51. The molecule has 0 radical (unpaired) electrons. The summed E-state index contributed by atoms with van der Waals surface area (Å²) in [6.07, 6.45) is 7.89. The molecule has 23 heavy (non-hydrogen) atoms. The highest BCUT2D eigenvalue weighted by molar-refractivity contribution is 6.30. The molecule has 0 amide bonds. The number of rotatable bonds is 6. The molecule has 0 spiro atoms. The Morgan fingerprint density at radius 1 is 1.35 bits per heavy atom. The monoisotopic (exact) mass is 333 g/mol. The summed E-state index contributed by atoms with van der Waals surface area (Å²) in [6.45, 7) is 8.31. The Balaban J connectivity index is 2.44. The van der Waals surface area contributed by atoms with Crippen molar-refractivity contribution in [3.8, 4) is 0 Å². The van der Waals surface area contributed by atoms with Gasteiger partial charge in [0.25, 0.3) is 0 Å². The molecule has 0 aliphatic heterocycles. The maximum absolute atomic E-state index is 12.1. The number of hydrogen-bond donors (Lipinski definition) is 0. The fourth-order valence-corrected chi connectivity index (χ4v) is 3.90. The quantitative estimate of drug-likeness (QED) is 0.666. The number of carbonyl (C=O) groups is 1. The number of Topliss-reactive ketones (excluding diaryl/α,β-unsaturated/α-hetero) is 1. The summed E-state index contributed by atoms with van der Waals surface area (Å²) >= 11 is 6.09. The lowest BCUT2D eigenvalue weighted by molar-refractivity contribution is -0.128. The molecule has 1 fully saturated rings. The predicted molar refractivity (Wildman–Crippen MR) is 97.8 cm³/mol. The minimum absolute atomic E-state index is 0.0621. The molecule has 0 saturated heterocycles. The standard InChI is InChI=1S/C20H28ClNO/c1-4-6-14-22(13-5-2)20(12-11-19(23)16(3)15-20)17-7-9-18(21)10-8-17/h4,6-10,16H,5,11-15H2,1-3H3. The number of allylic oxidation sites excluding steroid dienone is 1. The van der Waals surface area contributed by atoms with Crippen molar-refractivity contribution < 1.29 is 4.79 Å². The number of halogens is 1. The van der Waals surface area contributed by atoms with E-state index in [-0.39, 0.29) is 11.5 Å². The van der Waals surface area contributed by atoms with Gasteiger partial charge in [0.1, 0.15) is 5.78 Å². The molecule has 0 N–H and O–H groups in total.